The van der Waals surface area contributed by atoms with E-state index in [2.05, 4.69) is 23.6 Å². The van der Waals surface area contributed by atoms with Crippen LogP contribution < -0.4 is 0 Å². The molecule has 0 aromatic carbocycles. The van der Waals surface area contributed by atoms with E-state index in [4.69, 9.17) is 28.9 Å². The van der Waals surface area contributed by atoms with E-state index in [9.17, 15) is 14.2 Å². The van der Waals surface area contributed by atoms with Crippen LogP contribution in [0.4, 0.5) is 0 Å². The van der Waals surface area contributed by atoms with E-state index in [0.29, 0.717) is 25.7 Å². The molecule has 0 aromatic rings. The van der Waals surface area contributed by atoms with E-state index in [1.165, 1.54) is 51.4 Å². The fourth-order valence-corrected chi connectivity index (χ4v) is 5.28. The summed E-state index contributed by atoms with van der Waals surface area (Å²) in [5.41, 5.74) is 0. The number of esters is 2. The Morgan fingerprint density at radius 1 is 0.696 bits per heavy atom. The van der Waals surface area contributed by atoms with Crippen LogP contribution in [0.25, 0.3) is 0 Å². The van der Waals surface area contributed by atoms with Crippen molar-refractivity contribution in [3.8, 4) is 0 Å². The normalized spacial score (nSPS) is 15.4. The zero-order valence-corrected chi connectivity index (χ0v) is 32.0. The van der Waals surface area contributed by atoms with Crippen LogP contribution in [0, 0.1) is 0 Å². The molecular weight excluding hydrogens is 614 g/mol. The van der Waals surface area contributed by atoms with Gasteiger partial charge in [-0.3, -0.25) is 14.1 Å². The molecule has 10 heteroatoms. The molecule has 0 aliphatic rings. The van der Waals surface area contributed by atoms with Gasteiger partial charge in [-0.05, 0) is 38.5 Å². The minimum atomic E-state index is -4.80. The molecule has 0 saturated heterocycles. The average molecular weight is 691 g/mol. The first-order valence-electron chi connectivity index (χ1n) is 21.1. The summed E-state index contributed by atoms with van der Waals surface area (Å²) in [5, 5.41) is 0. The van der Waals surface area contributed by atoms with E-state index in [1.54, 1.807) is 0 Å². The molecule has 0 unspecified atom stereocenters. The van der Waals surface area contributed by atoms with Gasteiger partial charge in [0.2, 0.25) is 0 Å². The summed E-state index contributed by atoms with van der Waals surface area (Å²) in [6, 6.07) is 0. The molecule has 0 heterocycles. The number of carbonyl (C=O) groups is 2. The first-order valence-corrected chi connectivity index (χ1v) is 19.2. The maximum Gasteiger partial charge on any atom is 0.469 e. The second-order valence-electron chi connectivity index (χ2n) is 11.9. The number of phosphoric acid groups is 1. The third-order valence-electron chi connectivity index (χ3n) is 7.57. The minimum absolute atomic E-state index is 0. The van der Waals surface area contributed by atoms with Gasteiger partial charge >= 0.3 is 19.8 Å². The monoisotopic (exact) mass is 691 g/mol. The average Bonchev–Trinajstić information content (AvgIpc) is 3.05. The van der Waals surface area contributed by atoms with Gasteiger partial charge in [-0.15, -0.1) is 0 Å². The fraction of sp³-hybridized carbons (Fsp3) is 0.889. The summed E-state index contributed by atoms with van der Waals surface area (Å²) in [4.78, 5) is 42.7. The van der Waals surface area contributed by atoms with Crippen molar-refractivity contribution in [3.05, 3.63) is 12.2 Å². The first-order chi connectivity index (χ1) is 24.4. The quantitative estimate of drug-likeness (QED) is 0.0225. The van der Waals surface area contributed by atoms with Crippen LogP contribution in [0.3, 0.4) is 0 Å². The van der Waals surface area contributed by atoms with E-state index in [-0.39, 0.29) is 55.4 Å². The van der Waals surface area contributed by atoms with E-state index >= 15 is 0 Å². The second-order valence-corrected chi connectivity index (χ2v) is 13.1. The molecule has 1 radical (unpaired) electrons. The summed E-state index contributed by atoms with van der Waals surface area (Å²) < 4.78 is 79.0. The van der Waals surface area contributed by atoms with Crippen molar-refractivity contribution in [3.63, 3.8) is 0 Å². The molecule has 0 spiro atoms. The van der Waals surface area contributed by atoms with E-state index in [1.807, 2.05) is 0 Å². The van der Waals surface area contributed by atoms with Gasteiger partial charge in [0.05, 0.1) is 6.61 Å². The van der Waals surface area contributed by atoms with Crippen LogP contribution in [0.15, 0.2) is 12.2 Å². The van der Waals surface area contributed by atoms with Gasteiger partial charge in [-0.2, -0.15) is 0 Å². The van der Waals surface area contributed by atoms with Crippen LogP contribution in [0.5, 0.6) is 0 Å². The van der Waals surface area contributed by atoms with Crippen LogP contribution in [-0.4, -0.2) is 70.6 Å². The van der Waals surface area contributed by atoms with Gasteiger partial charge in [-0.25, -0.2) is 4.57 Å². The Morgan fingerprint density at radius 2 is 1.15 bits per heavy atom. The number of hydrogen-bond donors (Lipinski definition) is 2. The van der Waals surface area contributed by atoms with Gasteiger partial charge in [-0.1, -0.05) is 148 Å². The van der Waals surface area contributed by atoms with Gasteiger partial charge in [0.25, 0.3) is 0 Å². The van der Waals surface area contributed by atoms with Crippen LogP contribution in [0.2, 0.25) is 0 Å². The number of phosphoric ester groups is 1. The first kappa shape index (κ1) is 35.6. The van der Waals surface area contributed by atoms with E-state index in [0.717, 1.165) is 64.2 Å². The molecule has 1 atom stereocenters. The molecule has 2 N–H and O–H groups in total. The van der Waals surface area contributed by atoms with Gasteiger partial charge in [0, 0.05) is 52.0 Å². The largest absolute Gasteiger partial charge is 0.469 e. The number of rotatable bonds is 34. The summed E-state index contributed by atoms with van der Waals surface area (Å²) in [5.74, 6) is -0.997. The maximum atomic E-state index is 12.4. The zero-order valence-electron chi connectivity index (χ0n) is 36.1. The molecule has 0 fully saturated rings. The minimum Gasteiger partial charge on any atom is -0.462 e. The molecule has 0 aromatic heterocycles. The third kappa shape index (κ3) is 38.2. The summed E-state index contributed by atoms with van der Waals surface area (Å²) in [6.45, 7) is -1.71. The van der Waals surface area contributed by atoms with Crippen molar-refractivity contribution in [2.75, 3.05) is 13.2 Å². The molecular formula is C36H69NaO8P. The Morgan fingerprint density at radius 3 is 1.65 bits per heavy atom. The SMILES string of the molecule is [2H]C([2H])([2H])C([2H])([2H])C([2H])([2H])CCCCC/C=C/CCCCCCCC(=O)O[C@H](COC(=O)CCCCCCCCCCCCCC)COP(=O)(O)O.[Na]. The van der Waals surface area contributed by atoms with Gasteiger partial charge < -0.3 is 19.3 Å². The second kappa shape index (κ2) is 36.1. The Hall–Kier alpha value is -0.210. The molecule has 0 aliphatic carbocycles. The van der Waals surface area contributed by atoms with Crippen molar-refractivity contribution in [2.24, 2.45) is 0 Å². The Kier molecular flexibility index (Phi) is 27.9. The topological polar surface area (TPSA) is 119 Å². The van der Waals surface area contributed by atoms with Crippen molar-refractivity contribution in [2.45, 2.75) is 193 Å². The van der Waals surface area contributed by atoms with Gasteiger partial charge in [0.15, 0.2) is 6.10 Å². The zero-order chi connectivity index (χ0) is 39.4. The molecule has 267 valence electrons. The number of carbonyl (C=O) groups excluding carboxylic acids is 2. The summed E-state index contributed by atoms with van der Waals surface area (Å²) >= 11 is 0. The molecule has 46 heavy (non-hydrogen) atoms. The van der Waals surface area contributed by atoms with E-state index < -0.39 is 52.1 Å². The standard InChI is InChI=1S/C36H69O8P.Na/c1-3-5-7-9-11-13-15-17-18-19-21-23-25-27-29-31-36(38)44-34(33-43-45(39,40)41)32-42-35(37)30-28-26-24-22-20-16-14-12-10-8-6-4-2;/h17-18,34H,3-16,19-33H2,1-2H3,(H2,39,40,41);/b18-17+;/t34-;/m1./s1/i1D3,3D2,5D2;. The van der Waals surface area contributed by atoms with Crippen molar-refractivity contribution < 1.29 is 47.5 Å². The van der Waals surface area contributed by atoms with Crippen molar-refractivity contribution in [1.29, 1.82) is 0 Å². The molecule has 0 saturated carbocycles. The smallest absolute Gasteiger partial charge is 0.462 e. The number of unbranched alkanes of at least 4 members (excludes halogenated alkanes) is 19. The third-order valence-corrected chi connectivity index (χ3v) is 8.06. The molecule has 0 rings (SSSR count). The van der Waals surface area contributed by atoms with Crippen LogP contribution in [0.1, 0.15) is 197 Å². The number of ether oxygens (including phenoxy) is 2. The van der Waals surface area contributed by atoms with Crippen molar-refractivity contribution >= 4 is 49.3 Å². The summed E-state index contributed by atoms with van der Waals surface area (Å²) in [6.07, 6.45) is 20.0. The fourth-order valence-electron chi connectivity index (χ4n) is 4.92. The molecule has 0 aliphatic heterocycles. The molecule has 8 nitrogen and oxygen atoms in total. The number of allylic oxidation sites excluding steroid dienone is 2. The Labute approximate surface area is 314 Å². The Balaban J connectivity index is 0. The van der Waals surface area contributed by atoms with Crippen LogP contribution in [-0.2, 0) is 28.2 Å². The van der Waals surface area contributed by atoms with Crippen LogP contribution >= 0.6 is 7.82 Å². The molecule has 0 amide bonds. The van der Waals surface area contributed by atoms with Crippen molar-refractivity contribution in [1.82, 2.24) is 0 Å². The van der Waals surface area contributed by atoms with Gasteiger partial charge in [0.1, 0.15) is 6.61 Å². The molecule has 0 bridgehead atoms. The predicted molar refractivity (Wildman–Crippen MR) is 190 cm³/mol. The predicted octanol–water partition coefficient (Wildman–Crippen LogP) is 10.3. The summed E-state index contributed by atoms with van der Waals surface area (Å²) in [7, 11) is -4.80. The Bertz CT molecular complexity index is 1010. The number of hydrogen-bond acceptors (Lipinski definition) is 6. The maximum absolute atomic E-state index is 12.4.